The molecule has 1 N–H and O–H groups in total. The molecular formula is C22H33FN4O2. The normalized spacial score (nSPS) is 28.4. The van der Waals surface area contributed by atoms with Gasteiger partial charge in [0, 0.05) is 64.1 Å². The average Bonchev–Trinajstić information content (AvgIpc) is 3.10. The maximum Gasteiger partial charge on any atom is 0.224 e. The van der Waals surface area contributed by atoms with Gasteiger partial charge in [0.15, 0.2) is 0 Å². The molecule has 3 aliphatic rings. The Morgan fingerprint density at radius 1 is 1.17 bits per heavy atom. The standard InChI is InChI=1S/C22H33FN4O2/c1-25(2)22(28)12-21-14-27-13-18(11-20(27)15-29-21)24-17-7-9-26(10-8-17)19-5-3-16(23)4-6-19/h3-6,17-18,20-21,24H,7-15H2,1-2H3/t18-,20-,21-/m0/s1. The van der Waals surface area contributed by atoms with Gasteiger partial charge >= 0.3 is 0 Å². The summed E-state index contributed by atoms with van der Waals surface area (Å²) in [6.07, 6.45) is 3.81. The summed E-state index contributed by atoms with van der Waals surface area (Å²) >= 11 is 0. The van der Waals surface area contributed by atoms with E-state index >= 15 is 0 Å². The SMILES string of the molecule is CN(C)C(=O)C[C@H]1CN2C[C@@H](NC3CCN(c4ccc(F)cc4)CC3)C[C@H]2CO1. The van der Waals surface area contributed by atoms with Crippen molar-refractivity contribution >= 4 is 11.6 Å². The van der Waals surface area contributed by atoms with E-state index in [1.165, 1.54) is 12.1 Å². The maximum atomic E-state index is 13.1. The van der Waals surface area contributed by atoms with Crippen molar-refractivity contribution in [3.63, 3.8) is 0 Å². The van der Waals surface area contributed by atoms with Gasteiger partial charge < -0.3 is 19.9 Å². The lowest BCUT2D eigenvalue weighted by Gasteiger charge is -2.35. The quantitative estimate of drug-likeness (QED) is 0.810. The van der Waals surface area contributed by atoms with Gasteiger partial charge in [0.25, 0.3) is 0 Å². The summed E-state index contributed by atoms with van der Waals surface area (Å²) in [7, 11) is 3.59. The Morgan fingerprint density at radius 2 is 1.90 bits per heavy atom. The summed E-state index contributed by atoms with van der Waals surface area (Å²) in [6.45, 7) is 4.62. The Balaban J connectivity index is 1.22. The molecule has 7 heteroatoms. The number of hydrogen-bond acceptors (Lipinski definition) is 5. The van der Waals surface area contributed by atoms with Gasteiger partial charge in [-0.2, -0.15) is 0 Å². The molecular weight excluding hydrogens is 371 g/mol. The first kappa shape index (κ1) is 20.6. The Kier molecular flexibility index (Phi) is 6.37. The van der Waals surface area contributed by atoms with Crippen molar-refractivity contribution in [3.8, 4) is 0 Å². The molecule has 0 aliphatic carbocycles. The molecule has 0 spiro atoms. The Bertz CT molecular complexity index is 691. The average molecular weight is 405 g/mol. The second-order valence-electron chi connectivity index (χ2n) is 8.89. The number of fused-ring (bicyclic) bond motifs is 1. The van der Waals surface area contributed by atoms with Crippen LogP contribution in [0.5, 0.6) is 0 Å². The number of anilines is 1. The van der Waals surface area contributed by atoms with Gasteiger partial charge in [-0.05, 0) is 43.5 Å². The summed E-state index contributed by atoms with van der Waals surface area (Å²) in [5.74, 6) is -0.0458. The molecule has 3 atom stereocenters. The van der Waals surface area contributed by atoms with E-state index in [1.54, 1.807) is 19.0 Å². The monoisotopic (exact) mass is 404 g/mol. The molecule has 160 valence electrons. The maximum absolute atomic E-state index is 13.1. The fourth-order valence-corrected chi connectivity index (χ4v) is 4.85. The van der Waals surface area contributed by atoms with Crippen LogP contribution in [-0.2, 0) is 9.53 Å². The van der Waals surface area contributed by atoms with Crippen LogP contribution in [0.2, 0.25) is 0 Å². The first-order valence-electron chi connectivity index (χ1n) is 10.8. The molecule has 0 unspecified atom stereocenters. The highest BCUT2D eigenvalue weighted by Gasteiger charge is 2.38. The van der Waals surface area contributed by atoms with E-state index in [2.05, 4.69) is 15.1 Å². The molecule has 0 aromatic heterocycles. The van der Waals surface area contributed by atoms with Crippen LogP contribution in [0, 0.1) is 5.82 Å². The first-order chi connectivity index (χ1) is 14.0. The van der Waals surface area contributed by atoms with Gasteiger partial charge in [0.1, 0.15) is 5.82 Å². The van der Waals surface area contributed by atoms with Crippen molar-refractivity contribution < 1.29 is 13.9 Å². The highest BCUT2D eigenvalue weighted by molar-refractivity contribution is 5.76. The summed E-state index contributed by atoms with van der Waals surface area (Å²) in [5, 5.41) is 3.87. The van der Waals surface area contributed by atoms with E-state index in [0.717, 1.165) is 57.7 Å². The molecule has 3 aliphatic heterocycles. The lowest BCUT2D eigenvalue weighted by Crippen LogP contribution is -2.48. The molecule has 0 saturated carbocycles. The minimum atomic E-state index is -0.180. The van der Waals surface area contributed by atoms with Crippen LogP contribution in [0.3, 0.4) is 0 Å². The number of halogens is 1. The van der Waals surface area contributed by atoms with E-state index < -0.39 is 0 Å². The number of hydrogen-bond donors (Lipinski definition) is 1. The molecule has 3 heterocycles. The predicted octanol–water partition coefficient (Wildman–Crippen LogP) is 1.70. The zero-order valence-corrected chi connectivity index (χ0v) is 17.5. The van der Waals surface area contributed by atoms with E-state index in [4.69, 9.17) is 4.74 Å². The Labute approximate surface area is 173 Å². The van der Waals surface area contributed by atoms with Crippen LogP contribution in [-0.4, -0.2) is 86.8 Å². The summed E-state index contributed by atoms with van der Waals surface area (Å²) in [6, 6.07) is 8.31. The van der Waals surface area contributed by atoms with Crippen LogP contribution in [0.25, 0.3) is 0 Å². The number of nitrogens with one attached hydrogen (secondary N) is 1. The molecule has 0 bridgehead atoms. The number of ether oxygens (including phenoxy) is 1. The molecule has 1 aromatic carbocycles. The smallest absolute Gasteiger partial charge is 0.224 e. The lowest BCUT2D eigenvalue weighted by molar-refractivity contribution is -0.134. The van der Waals surface area contributed by atoms with E-state index in [-0.39, 0.29) is 17.8 Å². The van der Waals surface area contributed by atoms with Crippen LogP contribution in [0.15, 0.2) is 24.3 Å². The number of rotatable bonds is 5. The third-order valence-electron chi connectivity index (χ3n) is 6.55. The van der Waals surface area contributed by atoms with Crippen LogP contribution < -0.4 is 10.2 Å². The number of nitrogens with zero attached hydrogens (tertiary/aromatic N) is 3. The number of benzene rings is 1. The summed E-state index contributed by atoms with van der Waals surface area (Å²) in [4.78, 5) is 18.5. The van der Waals surface area contributed by atoms with Crippen molar-refractivity contribution in [3.05, 3.63) is 30.1 Å². The number of carbonyl (C=O) groups is 1. The van der Waals surface area contributed by atoms with Crippen LogP contribution >= 0.6 is 0 Å². The highest BCUT2D eigenvalue weighted by Crippen LogP contribution is 2.26. The van der Waals surface area contributed by atoms with E-state index in [9.17, 15) is 9.18 Å². The zero-order chi connectivity index (χ0) is 20.4. The third-order valence-corrected chi connectivity index (χ3v) is 6.55. The molecule has 1 aromatic rings. The number of morpholine rings is 1. The molecule has 6 nitrogen and oxygen atoms in total. The van der Waals surface area contributed by atoms with Crippen LogP contribution in [0.1, 0.15) is 25.7 Å². The van der Waals surface area contributed by atoms with Crippen molar-refractivity contribution in [2.75, 3.05) is 51.8 Å². The molecule has 3 saturated heterocycles. The predicted molar refractivity (Wildman–Crippen MR) is 112 cm³/mol. The van der Waals surface area contributed by atoms with Crippen molar-refractivity contribution in [1.29, 1.82) is 0 Å². The third kappa shape index (κ3) is 5.08. The molecule has 3 fully saturated rings. The number of carbonyl (C=O) groups excluding carboxylic acids is 1. The van der Waals surface area contributed by atoms with Crippen molar-refractivity contribution in [2.45, 2.75) is 49.9 Å². The molecule has 4 rings (SSSR count). The Morgan fingerprint density at radius 3 is 2.59 bits per heavy atom. The van der Waals surface area contributed by atoms with E-state index in [0.29, 0.717) is 24.5 Å². The van der Waals surface area contributed by atoms with Crippen molar-refractivity contribution in [1.82, 2.24) is 15.1 Å². The highest BCUT2D eigenvalue weighted by atomic mass is 19.1. The second-order valence-corrected chi connectivity index (χ2v) is 8.89. The van der Waals surface area contributed by atoms with Gasteiger partial charge in [-0.3, -0.25) is 9.69 Å². The van der Waals surface area contributed by atoms with Gasteiger partial charge in [-0.15, -0.1) is 0 Å². The largest absolute Gasteiger partial charge is 0.375 e. The molecule has 1 amide bonds. The molecule has 29 heavy (non-hydrogen) atoms. The fourth-order valence-electron chi connectivity index (χ4n) is 4.85. The zero-order valence-electron chi connectivity index (χ0n) is 17.5. The topological polar surface area (TPSA) is 48.1 Å². The second kappa shape index (κ2) is 8.98. The van der Waals surface area contributed by atoms with Gasteiger partial charge in [0.05, 0.1) is 19.1 Å². The number of amides is 1. The van der Waals surface area contributed by atoms with Crippen LogP contribution in [0.4, 0.5) is 10.1 Å². The summed E-state index contributed by atoms with van der Waals surface area (Å²) in [5.41, 5.74) is 1.11. The van der Waals surface area contributed by atoms with Gasteiger partial charge in [0.2, 0.25) is 5.91 Å². The van der Waals surface area contributed by atoms with Gasteiger partial charge in [-0.25, -0.2) is 4.39 Å². The van der Waals surface area contributed by atoms with Gasteiger partial charge in [-0.1, -0.05) is 0 Å². The summed E-state index contributed by atoms with van der Waals surface area (Å²) < 4.78 is 19.1. The Hall–Kier alpha value is -1.70. The van der Waals surface area contributed by atoms with Crippen molar-refractivity contribution in [2.24, 2.45) is 0 Å². The minimum Gasteiger partial charge on any atom is -0.375 e. The first-order valence-corrected chi connectivity index (χ1v) is 10.8. The number of piperidine rings is 1. The lowest BCUT2D eigenvalue weighted by atomic mass is 10.0. The van der Waals surface area contributed by atoms with E-state index in [1.807, 2.05) is 12.1 Å². The minimum absolute atomic E-state index is 0.0128. The molecule has 0 radical (unpaired) electrons. The fraction of sp³-hybridized carbons (Fsp3) is 0.682.